The van der Waals surface area contributed by atoms with Crippen molar-refractivity contribution in [1.82, 2.24) is 10.2 Å². The van der Waals surface area contributed by atoms with Crippen molar-refractivity contribution in [1.29, 1.82) is 0 Å². The molecule has 1 atom stereocenters. The van der Waals surface area contributed by atoms with E-state index in [1.54, 1.807) is 0 Å². The third-order valence-electron chi connectivity index (χ3n) is 2.63. The Bertz CT molecular complexity index is 286. The monoisotopic (exact) mass is 260 g/mol. The standard InChI is InChI=1S/C9H13F5N2O/c1-16(5-6-3-2-4-15-6)7(17)8(10,11)9(12,13)14/h6,15H,2-5H2,1H3. The van der Waals surface area contributed by atoms with E-state index in [0.717, 1.165) is 13.5 Å². The predicted octanol–water partition coefficient (Wildman–Crippen LogP) is 1.39. The quantitative estimate of drug-likeness (QED) is 0.778. The fourth-order valence-corrected chi connectivity index (χ4v) is 1.69. The Morgan fingerprint density at radius 3 is 2.35 bits per heavy atom. The average molecular weight is 260 g/mol. The first-order valence-electron chi connectivity index (χ1n) is 5.09. The predicted molar refractivity (Wildman–Crippen MR) is 49.7 cm³/mol. The number of rotatable bonds is 3. The molecule has 1 N–H and O–H groups in total. The van der Waals surface area contributed by atoms with Crippen LogP contribution in [0.15, 0.2) is 0 Å². The fourth-order valence-electron chi connectivity index (χ4n) is 1.69. The molecule has 100 valence electrons. The molecule has 1 heterocycles. The number of halogens is 5. The fraction of sp³-hybridized carbons (Fsp3) is 0.889. The normalized spacial score (nSPS) is 21.6. The molecule has 8 heteroatoms. The van der Waals surface area contributed by atoms with Gasteiger partial charge in [0.15, 0.2) is 0 Å². The molecule has 0 bridgehead atoms. The molecular weight excluding hydrogens is 247 g/mol. The summed E-state index contributed by atoms with van der Waals surface area (Å²) in [6.45, 7) is 0.535. The maximum atomic E-state index is 12.7. The molecule has 1 rings (SSSR count). The number of carbonyl (C=O) groups excluding carboxylic acids is 1. The number of carbonyl (C=O) groups is 1. The van der Waals surface area contributed by atoms with E-state index < -0.39 is 18.0 Å². The third-order valence-corrected chi connectivity index (χ3v) is 2.63. The first-order chi connectivity index (χ1) is 7.66. The van der Waals surface area contributed by atoms with Crippen LogP contribution < -0.4 is 5.32 Å². The van der Waals surface area contributed by atoms with Crippen LogP contribution in [0.25, 0.3) is 0 Å². The van der Waals surface area contributed by atoms with Crippen molar-refractivity contribution in [3.63, 3.8) is 0 Å². The van der Waals surface area contributed by atoms with Crippen molar-refractivity contribution in [2.24, 2.45) is 0 Å². The Labute approximate surface area is 95.0 Å². The van der Waals surface area contributed by atoms with Crippen molar-refractivity contribution >= 4 is 5.91 Å². The Hall–Kier alpha value is -0.920. The number of nitrogens with zero attached hydrogens (tertiary/aromatic N) is 1. The number of likely N-dealkylation sites (N-methyl/N-ethyl adjacent to an activating group) is 1. The highest BCUT2D eigenvalue weighted by Crippen LogP contribution is 2.36. The number of alkyl halides is 5. The van der Waals surface area contributed by atoms with Crippen molar-refractivity contribution < 1.29 is 26.7 Å². The van der Waals surface area contributed by atoms with Crippen molar-refractivity contribution in [2.75, 3.05) is 20.1 Å². The Morgan fingerprint density at radius 1 is 1.35 bits per heavy atom. The number of amides is 1. The van der Waals surface area contributed by atoms with Gasteiger partial charge in [-0.2, -0.15) is 22.0 Å². The summed E-state index contributed by atoms with van der Waals surface area (Å²) in [5.74, 6) is -7.53. The molecule has 3 nitrogen and oxygen atoms in total. The second-order valence-corrected chi connectivity index (χ2v) is 4.05. The van der Waals surface area contributed by atoms with Crippen molar-refractivity contribution in [3.8, 4) is 0 Å². The van der Waals surface area contributed by atoms with E-state index in [4.69, 9.17) is 0 Å². The van der Waals surface area contributed by atoms with Crippen LogP contribution in [-0.4, -0.2) is 49.1 Å². The van der Waals surface area contributed by atoms with E-state index in [1.165, 1.54) is 0 Å². The van der Waals surface area contributed by atoms with Gasteiger partial charge in [-0.05, 0) is 19.4 Å². The molecule has 1 aliphatic heterocycles. The summed E-state index contributed by atoms with van der Waals surface area (Å²) < 4.78 is 61.3. The van der Waals surface area contributed by atoms with Gasteiger partial charge < -0.3 is 10.2 Å². The molecule has 0 spiro atoms. The van der Waals surface area contributed by atoms with Crippen molar-refractivity contribution in [3.05, 3.63) is 0 Å². The SMILES string of the molecule is CN(CC1CCCN1)C(=O)C(F)(F)C(F)(F)F. The molecular formula is C9H13F5N2O. The van der Waals surface area contributed by atoms with Gasteiger partial charge in [0.1, 0.15) is 0 Å². The highest BCUT2D eigenvalue weighted by molar-refractivity contribution is 5.84. The van der Waals surface area contributed by atoms with Gasteiger partial charge in [-0.25, -0.2) is 0 Å². The zero-order valence-corrected chi connectivity index (χ0v) is 9.15. The van der Waals surface area contributed by atoms with Crippen LogP contribution in [-0.2, 0) is 4.79 Å². The summed E-state index contributed by atoms with van der Waals surface area (Å²) in [4.78, 5) is 11.5. The lowest BCUT2D eigenvalue weighted by molar-refractivity contribution is -0.274. The lowest BCUT2D eigenvalue weighted by Gasteiger charge is -2.26. The Balaban J connectivity index is 2.62. The lowest BCUT2D eigenvalue weighted by Crippen LogP contribution is -2.53. The number of hydrogen-bond acceptors (Lipinski definition) is 2. The van der Waals surface area contributed by atoms with Gasteiger partial charge >= 0.3 is 18.0 Å². The van der Waals surface area contributed by atoms with Crippen LogP contribution in [0.2, 0.25) is 0 Å². The second-order valence-electron chi connectivity index (χ2n) is 4.05. The van der Waals surface area contributed by atoms with Crippen LogP contribution >= 0.6 is 0 Å². The minimum Gasteiger partial charge on any atom is -0.339 e. The summed E-state index contributed by atoms with van der Waals surface area (Å²) >= 11 is 0. The smallest absolute Gasteiger partial charge is 0.339 e. The summed E-state index contributed by atoms with van der Waals surface area (Å²) in [6.07, 6.45) is -4.36. The van der Waals surface area contributed by atoms with Gasteiger partial charge in [0.25, 0.3) is 0 Å². The molecule has 1 unspecified atom stereocenters. The zero-order valence-electron chi connectivity index (χ0n) is 9.15. The topological polar surface area (TPSA) is 32.3 Å². The van der Waals surface area contributed by atoms with Crippen LogP contribution in [0.3, 0.4) is 0 Å². The second kappa shape index (κ2) is 4.75. The molecule has 1 amide bonds. The summed E-state index contributed by atoms with van der Waals surface area (Å²) in [5.41, 5.74) is 0. The van der Waals surface area contributed by atoms with Gasteiger partial charge in [-0.15, -0.1) is 0 Å². The van der Waals surface area contributed by atoms with E-state index >= 15 is 0 Å². The largest absolute Gasteiger partial charge is 0.463 e. The van der Waals surface area contributed by atoms with E-state index in [-0.39, 0.29) is 12.6 Å². The van der Waals surface area contributed by atoms with Crippen LogP contribution in [0, 0.1) is 0 Å². The first-order valence-corrected chi connectivity index (χ1v) is 5.09. The molecule has 0 aromatic heterocycles. The lowest BCUT2D eigenvalue weighted by atomic mass is 10.2. The number of nitrogens with one attached hydrogen (secondary N) is 1. The molecule has 0 saturated carbocycles. The van der Waals surface area contributed by atoms with E-state index in [1.807, 2.05) is 0 Å². The zero-order chi connectivity index (χ0) is 13.3. The van der Waals surface area contributed by atoms with E-state index in [0.29, 0.717) is 17.9 Å². The first kappa shape index (κ1) is 14.1. The van der Waals surface area contributed by atoms with E-state index in [9.17, 15) is 26.7 Å². The Kier molecular flexibility index (Phi) is 3.95. The summed E-state index contributed by atoms with van der Waals surface area (Å²) in [6, 6.07) is -0.215. The molecule has 1 aliphatic rings. The highest BCUT2D eigenvalue weighted by Gasteiger charge is 2.64. The van der Waals surface area contributed by atoms with Gasteiger partial charge in [0, 0.05) is 19.6 Å². The number of hydrogen-bond donors (Lipinski definition) is 1. The molecule has 0 aromatic carbocycles. The maximum Gasteiger partial charge on any atom is 0.463 e. The summed E-state index contributed by atoms with van der Waals surface area (Å²) in [7, 11) is 0.946. The van der Waals surface area contributed by atoms with Gasteiger partial charge in [0.2, 0.25) is 0 Å². The Morgan fingerprint density at radius 2 is 1.94 bits per heavy atom. The van der Waals surface area contributed by atoms with Crippen molar-refractivity contribution in [2.45, 2.75) is 31.0 Å². The van der Waals surface area contributed by atoms with E-state index in [2.05, 4.69) is 5.32 Å². The molecule has 17 heavy (non-hydrogen) atoms. The van der Waals surface area contributed by atoms with Gasteiger partial charge in [-0.3, -0.25) is 4.79 Å². The molecule has 1 saturated heterocycles. The third kappa shape index (κ3) is 3.05. The highest BCUT2D eigenvalue weighted by atomic mass is 19.4. The van der Waals surface area contributed by atoms with Crippen LogP contribution in [0.5, 0.6) is 0 Å². The van der Waals surface area contributed by atoms with Crippen LogP contribution in [0.4, 0.5) is 22.0 Å². The molecule has 1 fully saturated rings. The average Bonchev–Trinajstić information content (AvgIpc) is 2.67. The maximum absolute atomic E-state index is 12.7. The summed E-state index contributed by atoms with van der Waals surface area (Å²) in [5, 5.41) is 2.91. The van der Waals surface area contributed by atoms with Gasteiger partial charge in [0.05, 0.1) is 0 Å². The minimum absolute atomic E-state index is 0.148. The molecule has 0 aliphatic carbocycles. The molecule has 0 radical (unpaired) electrons. The van der Waals surface area contributed by atoms with Gasteiger partial charge in [-0.1, -0.05) is 0 Å². The van der Waals surface area contributed by atoms with Crippen LogP contribution in [0.1, 0.15) is 12.8 Å². The minimum atomic E-state index is -5.85. The molecule has 0 aromatic rings.